The van der Waals surface area contributed by atoms with E-state index in [1.54, 1.807) is 6.92 Å². The van der Waals surface area contributed by atoms with Crippen molar-refractivity contribution in [1.29, 1.82) is 0 Å². The fourth-order valence-corrected chi connectivity index (χ4v) is 2.24. The van der Waals surface area contributed by atoms with Gasteiger partial charge in [0, 0.05) is 38.8 Å². The van der Waals surface area contributed by atoms with Crippen LogP contribution in [0.25, 0.3) is 0 Å². The maximum absolute atomic E-state index is 11.1. The van der Waals surface area contributed by atoms with Gasteiger partial charge in [-0.2, -0.15) is 0 Å². The standard InChI is InChI=1S/C14H28N2O3/c1-4-13(3)16-8-6-15(7-9-16)10-11-18-12-14(17)19-5-2/h13H,4-12H2,1-3H3. The molecule has 0 amide bonds. The molecule has 1 unspecified atom stereocenters. The summed E-state index contributed by atoms with van der Waals surface area (Å²) in [7, 11) is 0. The van der Waals surface area contributed by atoms with Gasteiger partial charge in [-0.1, -0.05) is 6.92 Å². The number of nitrogens with zero attached hydrogens (tertiary/aromatic N) is 2. The average Bonchev–Trinajstić information content (AvgIpc) is 2.44. The summed E-state index contributed by atoms with van der Waals surface area (Å²) in [6, 6.07) is 0.683. The molecule has 0 aromatic rings. The predicted molar refractivity (Wildman–Crippen MR) is 75.2 cm³/mol. The van der Waals surface area contributed by atoms with Gasteiger partial charge in [-0.3, -0.25) is 9.80 Å². The molecule has 1 heterocycles. The molecule has 0 aliphatic carbocycles. The van der Waals surface area contributed by atoms with Gasteiger partial charge >= 0.3 is 5.97 Å². The Morgan fingerprint density at radius 2 is 1.89 bits per heavy atom. The number of hydrogen-bond donors (Lipinski definition) is 0. The van der Waals surface area contributed by atoms with Crippen molar-refractivity contribution >= 4 is 5.97 Å². The van der Waals surface area contributed by atoms with Gasteiger partial charge in [0.05, 0.1) is 13.2 Å². The Balaban J connectivity index is 2.05. The zero-order chi connectivity index (χ0) is 14.1. The van der Waals surface area contributed by atoms with Crippen molar-refractivity contribution < 1.29 is 14.3 Å². The number of hydrogen-bond acceptors (Lipinski definition) is 5. The largest absolute Gasteiger partial charge is 0.464 e. The monoisotopic (exact) mass is 272 g/mol. The molecule has 0 radical (unpaired) electrons. The summed E-state index contributed by atoms with van der Waals surface area (Å²) in [5.41, 5.74) is 0. The lowest BCUT2D eigenvalue weighted by Crippen LogP contribution is -2.50. The molecule has 0 spiro atoms. The van der Waals surface area contributed by atoms with Crippen LogP contribution in [-0.4, -0.2) is 74.4 Å². The van der Waals surface area contributed by atoms with Crippen LogP contribution in [0.2, 0.25) is 0 Å². The van der Waals surface area contributed by atoms with E-state index < -0.39 is 0 Å². The molecule has 0 aromatic heterocycles. The molecule has 0 bridgehead atoms. The highest BCUT2D eigenvalue weighted by Gasteiger charge is 2.19. The van der Waals surface area contributed by atoms with Crippen molar-refractivity contribution in [2.75, 3.05) is 52.5 Å². The van der Waals surface area contributed by atoms with E-state index in [1.165, 1.54) is 6.42 Å². The SMILES string of the molecule is CCOC(=O)COCCN1CCN(C(C)CC)CC1. The highest BCUT2D eigenvalue weighted by Crippen LogP contribution is 2.08. The highest BCUT2D eigenvalue weighted by atomic mass is 16.6. The van der Waals surface area contributed by atoms with Gasteiger partial charge in [0.1, 0.15) is 6.61 Å². The number of esters is 1. The maximum Gasteiger partial charge on any atom is 0.332 e. The molecule has 0 aromatic carbocycles. The molecular formula is C14H28N2O3. The third kappa shape index (κ3) is 6.36. The van der Waals surface area contributed by atoms with Gasteiger partial charge in [0.25, 0.3) is 0 Å². The van der Waals surface area contributed by atoms with E-state index in [2.05, 4.69) is 23.6 Å². The van der Waals surface area contributed by atoms with Gasteiger partial charge in [-0.05, 0) is 20.3 Å². The first-order valence-corrected chi connectivity index (χ1v) is 7.37. The lowest BCUT2D eigenvalue weighted by Gasteiger charge is -2.37. The Kier molecular flexibility index (Phi) is 8.02. The number of rotatable bonds is 8. The third-order valence-corrected chi connectivity index (χ3v) is 3.70. The minimum Gasteiger partial charge on any atom is -0.464 e. The molecule has 5 heteroatoms. The summed E-state index contributed by atoms with van der Waals surface area (Å²) in [5, 5.41) is 0. The van der Waals surface area contributed by atoms with E-state index in [4.69, 9.17) is 9.47 Å². The van der Waals surface area contributed by atoms with E-state index >= 15 is 0 Å². The van der Waals surface area contributed by atoms with Crippen molar-refractivity contribution in [3.63, 3.8) is 0 Å². The zero-order valence-corrected chi connectivity index (χ0v) is 12.6. The first-order chi connectivity index (χ1) is 9.17. The van der Waals surface area contributed by atoms with Crippen molar-refractivity contribution in [2.45, 2.75) is 33.2 Å². The molecule has 5 nitrogen and oxygen atoms in total. The average molecular weight is 272 g/mol. The summed E-state index contributed by atoms with van der Waals surface area (Å²) in [6.45, 7) is 12.8. The Bertz CT molecular complexity index is 253. The quantitative estimate of drug-likeness (QED) is 0.487. The lowest BCUT2D eigenvalue weighted by molar-refractivity contribution is -0.148. The molecule has 1 atom stereocenters. The Morgan fingerprint density at radius 3 is 2.47 bits per heavy atom. The number of piperazine rings is 1. The Labute approximate surface area is 116 Å². The van der Waals surface area contributed by atoms with Crippen LogP contribution < -0.4 is 0 Å². The zero-order valence-electron chi connectivity index (χ0n) is 12.6. The molecule has 1 aliphatic rings. The van der Waals surface area contributed by atoms with Crippen LogP contribution in [0.1, 0.15) is 27.2 Å². The predicted octanol–water partition coefficient (Wildman–Crippen LogP) is 0.982. The molecule has 112 valence electrons. The van der Waals surface area contributed by atoms with Crippen LogP contribution in [0.3, 0.4) is 0 Å². The molecule has 19 heavy (non-hydrogen) atoms. The van der Waals surface area contributed by atoms with Crippen LogP contribution in [0.4, 0.5) is 0 Å². The topological polar surface area (TPSA) is 42.0 Å². The van der Waals surface area contributed by atoms with Crippen molar-refractivity contribution in [3.05, 3.63) is 0 Å². The van der Waals surface area contributed by atoms with E-state index in [0.717, 1.165) is 32.7 Å². The molecule has 0 N–H and O–H groups in total. The highest BCUT2D eigenvalue weighted by molar-refractivity contribution is 5.70. The van der Waals surface area contributed by atoms with Crippen molar-refractivity contribution in [3.8, 4) is 0 Å². The van der Waals surface area contributed by atoms with E-state index in [0.29, 0.717) is 19.3 Å². The van der Waals surface area contributed by atoms with Gasteiger partial charge in [0.15, 0.2) is 0 Å². The molecular weight excluding hydrogens is 244 g/mol. The van der Waals surface area contributed by atoms with Crippen LogP contribution in [0, 0.1) is 0 Å². The van der Waals surface area contributed by atoms with Gasteiger partial charge in [-0.15, -0.1) is 0 Å². The summed E-state index contributed by atoms with van der Waals surface area (Å²) >= 11 is 0. The summed E-state index contributed by atoms with van der Waals surface area (Å²) in [5.74, 6) is -0.274. The second kappa shape index (κ2) is 9.28. The normalized spacial score (nSPS) is 19.3. The van der Waals surface area contributed by atoms with E-state index in [9.17, 15) is 4.79 Å². The number of carbonyl (C=O) groups is 1. The molecule has 1 rings (SSSR count). The lowest BCUT2D eigenvalue weighted by atomic mass is 10.2. The molecule has 1 fully saturated rings. The Hall–Kier alpha value is -0.650. The van der Waals surface area contributed by atoms with Crippen molar-refractivity contribution in [1.82, 2.24) is 9.80 Å². The fraction of sp³-hybridized carbons (Fsp3) is 0.929. The minimum absolute atomic E-state index is 0.0701. The molecule has 0 saturated carbocycles. The maximum atomic E-state index is 11.1. The second-order valence-electron chi connectivity index (χ2n) is 4.99. The van der Waals surface area contributed by atoms with Crippen LogP contribution in [-0.2, 0) is 14.3 Å². The van der Waals surface area contributed by atoms with Crippen LogP contribution >= 0.6 is 0 Å². The fourth-order valence-electron chi connectivity index (χ4n) is 2.24. The first kappa shape index (κ1) is 16.4. The molecule has 1 aliphatic heterocycles. The van der Waals surface area contributed by atoms with Gasteiger partial charge < -0.3 is 9.47 Å². The molecule has 1 saturated heterocycles. The van der Waals surface area contributed by atoms with Crippen molar-refractivity contribution in [2.24, 2.45) is 0 Å². The van der Waals surface area contributed by atoms with Crippen LogP contribution in [0.15, 0.2) is 0 Å². The minimum atomic E-state index is -0.274. The second-order valence-corrected chi connectivity index (χ2v) is 4.99. The smallest absolute Gasteiger partial charge is 0.332 e. The van der Waals surface area contributed by atoms with E-state index in [1.807, 2.05) is 0 Å². The first-order valence-electron chi connectivity index (χ1n) is 7.37. The number of carbonyl (C=O) groups excluding carboxylic acids is 1. The van der Waals surface area contributed by atoms with Crippen LogP contribution in [0.5, 0.6) is 0 Å². The van der Waals surface area contributed by atoms with Gasteiger partial charge in [-0.25, -0.2) is 4.79 Å². The summed E-state index contributed by atoms with van der Waals surface area (Å²) in [6.07, 6.45) is 1.21. The Morgan fingerprint density at radius 1 is 1.21 bits per heavy atom. The number of ether oxygens (including phenoxy) is 2. The van der Waals surface area contributed by atoms with Gasteiger partial charge in [0.2, 0.25) is 0 Å². The van der Waals surface area contributed by atoms with E-state index in [-0.39, 0.29) is 12.6 Å². The summed E-state index contributed by atoms with van der Waals surface area (Å²) < 4.78 is 10.1. The summed E-state index contributed by atoms with van der Waals surface area (Å²) in [4.78, 5) is 16.0. The third-order valence-electron chi connectivity index (χ3n) is 3.70.